The predicted octanol–water partition coefficient (Wildman–Crippen LogP) is 5.51. The Hall–Kier alpha value is -2.59. The van der Waals surface area contributed by atoms with Gasteiger partial charge in [0.1, 0.15) is 11.3 Å². The van der Waals surface area contributed by atoms with Crippen LogP contribution in [-0.2, 0) is 6.42 Å². The molecule has 0 saturated heterocycles. The molecular formula is C19H14ClFN2O. The molecule has 0 saturated carbocycles. The molecule has 0 spiro atoms. The molecule has 0 radical (unpaired) electrons. The Bertz CT molecular complexity index is 1030. The molecule has 0 aliphatic carbocycles. The van der Waals surface area contributed by atoms with Gasteiger partial charge in [-0.2, -0.15) is 0 Å². The Kier molecular flexibility index (Phi) is 3.62. The minimum Gasteiger partial charge on any atom is -0.457 e. The zero-order chi connectivity index (χ0) is 16.7. The summed E-state index contributed by atoms with van der Waals surface area (Å²) in [6.45, 7) is 2.04. The van der Waals surface area contributed by atoms with E-state index in [4.69, 9.17) is 16.0 Å². The van der Waals surface area contributed by atoms with E-state index in [0.717, 1.165) is 16.9 Å². The maximum Gasteiger partial charge on any atom is 0.174 e. The predicted molar refractivity (Wildman–Crippen MR) is 92.7 cm³/mol. The van der Waals surface area contributed by atoms with Gasteiger partial charge in [-0.05, 0) is 54.4 Å². The van der Waals surface area contributed by atoms with Crippen LogP contribution in [0.2, 0.25) is 5.02 Å². The van der Waals surface area contributed by atoms with E-state index in [9.17, 15) is 4.39 Å². The smallest absolute Gasteiger partial charge is 0.174 e. The van der Waals surface area contributed by atoms with Crippen molar-refractivity contribution in [2.24, 2.45) is 0 Å². The van der Waals surface area contributed by atoms with Crippen molar-refractivity contribution in [1.29, 1.82) is 0 Å². The van der Waals surface area contributed by atoms with Crippen molar-refractivity contribution in [2.75, 3.05) is 0 Å². The summed E-state index contributed by atoms with van der Waals surface area (Å²) in [6.07, 6.45) is 0.640. The number of nitrogens with one attached hydrogen (secondary N) is 1. The number of fused-ring (bicyclic) bond motifs is 1. The van der Waals surface area contributed by atoms with Gasteiger partial charge < -0.3 is 9.40 Å². The fraction of sp³-hybridized carbons (Fsp3) is 0.105. The first kappa shape index (κ1) is 15.0. The van der Waals surface area contributed by atoms with Crippen LogP contribution in [0, 0.1) is 12.7 Å². The van der Waals surface area contributed by atoms with Crippen molar-refractivity contribution in [3.8, 4) is 11.6 Å². The van der Waals surface area contributed by atoms with Gasteiger partial charge in [-0.25, -0.2) is 9.37 Å². The largest absolute Gasteiger partial charge is 0.457 e. The maximum atomic E-state index is 13.8. The third kappa shape index (κ3) is 2.69. The summed E-state index contributed by atoms with van der Waals surface area (Å²) >= 11 is 6.06. The minimum absolute atomic E-state index is 0.316. The van der Waals surface area contributed by atoms with Crippen LogP contribution in [-0.4, -0.2) is 9.97 Å². The van der Waals surface area contributed by atoms with Gasteiger partial charge >= 0.3 is 0 Å². The Morgan fingerprint density at radius 2 is 2.04 bits per heavy atom. The molecule has 24 heavy (non-hydrogen) atoms. The number of furan rings is 1. The van der Waals surface area contributed by atoms with E-state index in [1.54, 1.807) is 12.1 Å². The van der Waals surface area contributed by atoms with Gasteiger partial charge in [-0.3, -0.25) is 0 Å². The van der Waals surface area contributed by atoms with E-state index >= 15 is 0 Å². The highest BCUT2D eigenvalue weighted by Crippen LogP contribution is 2.26. The van der Waals surface area contributed by atoms with Gasteiger partial charge in [0.05, 0.1) is 5.52 Å². The molecule has 3 nitrogen and oxygen atoms in total. The molecule has 120 valence electrons. The van der Waals surface area contributed by atoms with Crippen molar-refractivity contribution in [1.82, 2.24) is 9.97 Å². The molecule has 0 bridgehead atoms. The number of nitrogens with zero attached hydrogens (tertiary/aromatic N) is 1. The lowest BCUT2D eigenvalue weighted by Crippen LogP contribution is -1.90. The van der Waals surface area contributed by atoms with E-state index < -0.39 is 0 Å². The third-order valence-corrected chi connectivity index (χ3v) is 4.27. The topological polar surface area (TPSA) is 41.8 Å². The highest BCUT2D eigenvalue weighted by molar-refractivity contribution is 6.30. The number of aromatic nitrogens is 2. The maximum absolute atomic E-state index is 13.8. The molecule has 4 rings (SSSR count). The van der Waals surface area contributed by atoms with Crippen LogP contribution in [0.5, 0.6) is 0 Å². The quantitative estimate of drug-likeness (QED) is 0.534. The molecule has 0 atom stereocenters. The average Bonchev–Trinajstić information content (AvgIpc) is 3.18. The highest BCUT2D eigenvalue weighted by Gasteiger charge is 2.13. The molecule has 2 aromatic heterocycles. The zero-order valence-corrected chi connectivity index (χ0v) is 13.7. The molecule has 1 N–H and O–H groups in total. The summed E-state index contributed by atoms with van der Waals surface area (Å²) in [5.41, 5.74) is 3.23. The second kappa shape index (κ2) is 5.80. The van der Waals surface area contributed by atoms with Crippen molar-refractivity contribution in [3.63, 3.8) is 0 Å². The average molecular weight is 341 g/mol. The van der Waals surface area contributed by atoms with Crippen molar-refractivity contribution in [3.05, 3.63) is 76.3 Å². The molecule has 4 aromatic rings. The van der Waals surface area contributed by atoms with E-state index in [2.05, 4.69) is 9.97 Å². The van der Waals surface area contributed by atoms with Gasteiger partial charge in [0, 0.05) is 11.4 Å². The molecule has 2 aromatic carbocycles. The van der Waals surface area contributed by atoms with Crippen LogP contribution >= 0.6 is 11.6 Å². The van der Waals surface area contributed by atoms with Gasteiger partial charge in [-0.1, -0.05) is 23.7 Å². The van der Waals surface area contributed by atoms with Crippen molar-refractivity contribution >= 4 is 22.6 Å². The zero-order valence-electron chi connectivity index (χ0n) is 12.9. The van der Waals surface area contributed by atoms with Gasteiger partial charge in [0.25, 0.3) is 0 Å². The first-order valence-corrected chi connectivity index (χ1v) is 7.96. The van der Waals surface area contributed by atoms with Crippen LogP contribution in [0.25, 0.3) is 22.6 Å². The molecule has 0 amide bonds. The van der Waals surface area contributed by atoms with E-state index in [1.807, 2.05) is 37.3 Å². The SMILES string of the molecule is Cc1ccc(Cl)cc1Cc1ccc(-c2nc3c(F)cccc3[nH]2)o1. The lowest BCUT2D eigenvalue weighted by atomic mass is 10.0. The van der Waals surface area contributed by atoms with Crippen molar-refractivity contribution in [2.45, 2.75) is 13.3 Å². The fourth-order valence-corrected chi connectivity index (χ4v) is 2.93. The number of rotatable bonds is 3. The van der Waals surface area contributed by atoms with Crippen LogP contribution < -0.4 is 0 Å². The molecule has 2 heterocycles. The summed E-state index contributed by atoms with van der Waals surface area (Å²) in [6, 6.07) is 14.4. The molecule has 0 aliphatic heterocycles. The van der Waals surface area contributed by atoms with Crippen LogP contribution in [0.4, 0.5) is 4.39 Å². The number of para-hydroxylation sites is 1. The third-order valence-electron chi connectivity index (χ3n) is 4.03. The number of halogens is 2. The fourth-order valence-electron chi connectivity index (χ4n) is 2.73. The van der Waals surface area contributed by atoms with Crippen LogP contribution in [0.3, 0.4) is 0 Å². The molecule has 0 aliphatic rings. The lowest BCUT2D eigenvalue weighted by molar-refractivity contribution is 0.531. The summed E-state index contributed by atoms with van der Waals surface area (Å²) < 4.78 is 19.6. The summed E-state index contributed by atoms with van der Waals surface area (Å²) in [5, 5.41) is 0.704. The molecule has 5 heteroatoms. The lowest BCUT2D eigenvalue weighted by Gasteiger charge is -2.04. The standard InChI is InChI=1S/C19H14ClFN2O/c1-11-5-6-13(20)9-12(11)10-14-7-8-17(24-14)19-22-16-4-2-3-15(21)18(16)23-19/h2-9H,10H2,1H3,(H,22,23). The number of aryl methyl sites for hydroxylation is 1. The van der Waals surface area contributed by atoms with E-state index in [0.29, 0.717) is 34.1 Å². The van der Waals surface area contributed by atoms with Gasteiger partial charge in [0.2, 0.25) is 0 Å². The summed E-state index contributed by atoms with van der Waals surface area (Å²) in [5.74, 6) is 1.55. The van der Waals surface area contributed by atoms with E-state index in [-0.39, 0.29) is 5.82 Å². The van der Waals surface area contributed by atoms with E-state index in [1.165, 1.54) is 6.07 Å². The second-order valence-electron chi connectivity index (χ2n) is 5.73. The Morgan fingerprint density at radius 1 is 1.17 bits per heavy atom. The Balaban J connectivity index is 1.66. The van der Waals surface area contributed by atoms with Crippen molar-refractivity contribution < 1.29 is 8.81 Å². The Morgan fingerprint density at radius 3 is 2.88 bits per heavy atom. The van der Waals surface area contributed by atoms with Crippen LogP contribution in [0.15, 0.2) is 52.9 Å². The summed E-state index contributed by atoms with van der Waals surface area (Å²) in [7, 11) is 0. The number of hydrogen-bond acceptors (Lipinski definition) is 2. The number of H-pyrrole nitrogens is 1. The summed E-state index contributed by atoms with van der Waals surface area (Å²) in [4.78, 5) is 7.37. The molecular weight excluding hydrogens is 327 g/mol. The minimum atomic E-state index is -0.351. The van der Waals surface area contributed by atoms with Gasteiger partial charge in [-0.15, -0.1) is 0 Å². The molecule has 0 fully saturated rings. The second-order valence-corrected chi connectivity index (χ2v) is 6.17. The number of imidazole rings is 1. The number of hydrogen-bond donors (Lipinski definition) is 1. The molecule has 0 unspecified atom stereocenters. The number of benzene rings is 2. The Labute approximate surface area is 143 Å². The van der Waals surface area contributed by atoms with Gasteiger partial charge in [0.15, 0.2) is 17.4 Å². The monoisotopic (exact) mass is 340 g/mol. The first-order valence-electron chi connectivity index (χ1n) is 7.58. The van der Waals surface area contributed by atoms with Crippen LogP contribution in [0.1, 0.15) is 16.9 Å². The highest BCUT2D eigenvalue weighted by atomic mass is 35.5. The normalized spacial score (nSPS) is 11.3. The number of aromatic amines is 1. The first-order chi connectivity index (χ1) is 11.6.